The molecule has 0 radical (unpaired) electrons. The number of nitrogens with one attached hydrogen (secondary N) is 1. The Morgan fingerprint density at radius 1 is 1.10 bits per heavy atom. The van der Waals surface area contributed by atoms with Gasteiger partial charge in [0.2, 0.25) is 5.91 Å². The molecule has 1 aromatic rings. The molecule has 2 nitrogen and oxygen atoms in total. The summed E-state index contributed by atoms with van der Waals surface area (Å²) in [6.45, 7) is 0. The normalized spacial score (nSPS) is 36.4. The van der Waals surface area contributed by atoms with Gasteiger partial charge >= 0.3 is 6.18 Å². The maximum atomic E-state index is 12.9. The first-order chi connectivity index (χ1) is 9.97. The van der Waals surface area contributed by atoms with E-state index in [1.165, 1.54) is 37.5 Å². The van der Waals surface area contributed by atoms with Gasteiger partial charge in [-0.25, -0.2) is 0 Å². The van der Waals surface area contributed by atoms with E-state index >= 15 is 0 Å². The summed E-state index contributed by atoms with van der Waals surface area (Å²) < 4.78 is 38.8. The quantitative estimate of drug-likeness (QED) is 0.880. The summed E-state index contributed by atoms with van der Waals surface area (Å²) >= 11 is 0. The van der Waals surface area contributed by atoms with E-state index < -0.39 is 11.7 Å². The highest BCUT2D eigenvalue weighted by atomic mass is 19.4. The van der Waals surface area contributed by atoms with E-state index in [-0.39, 0.29) is 17.5 Å². The average molecular weight is 295 g/mol. The summed E-state index contributed by atoms with van der Waals surface area (Å²) in [5, 5.41) is 2.52. The van der Waals surface area contributed by atoms with Crippen LogP contribution in [0.3, 0.4) is 0 Å². The zero-order valence-electron chi connectivity index (χ0n) is 11.4. The molecule has 0 aromatic heterocycles. The Hall–Kier alpha value is -1.52. The van der Waals surface area contributed by atoms with Crippen LogP contribution in [0.1, 0.15) is 24.8 Å². The van der Waals surface area contributed by atoms with Crippen LogP contribution in [-0.4, -0.2) is 5.91 Å². The van der Waals surface area contributed by atoms with Crippen molar-refractivity contribution in [3.8, 4) is 0 Å². The van der Waals surface area contributed by atoms with Crippen molar-refractivity contribution in [1.82, 2.24) is 0 Å². The molecule has 112 valence electrons. The molecule has 4 rings (SSSR count). The summed E-state index contributed by atoms with van der Waals surface area (Å²) in [5.74, 6) is 1.85. The molecule has 5 atom stereocenters. The van der Waals surface area contributed by atoms with E-state index in [9.17, 15) is 18.0 Å². The van der Waals surface area contributed by atoms with Gasteiger partial charge in [-0.05, 0) is 55.1 Å². The number of para-hydroxylation sites is 1. The summed E-state index contributed by atoms with van der Waals surface area (Å²) in [7, 11) is 0. The van der Waals surface area contributed by atoms with Crippen molar-refractivity contribution in [2.45, 2.75) is 25.4 Å². The molecule has 3 saturated carbocycles. The van der Waals surface area contributed by atoms with Crippen molar-refractivity contribution in [3.63, 3.8) is 0 Å². The lowest BCUT2D eigenvalue weighted by atomic mass is 10.0. The molecule has 5 heteroatoms. The second-order valence-corrected chi connectivity index (χ2v) is 6.55. The van der Waals surface area contributed by atoms with E-state index in [0.29, 0.717) is 23.7 Å². The van der Waals surface area contributed by atoms with E-state index in [1.54, 1.807) is 0 Å². The topological polar surface area (TPSA) is 29.1 Å². The molecule has 1 amide bonds. The fourth-order valence-electron chi connectivity index (χ4n) is 4.73. The second-order valence-electron chi connectivity index (χ2n) is 6.55. The molecule has 3 aliphatic rings. The first-order valence-electron chi connectivity index (χ1n) is 7.44. The SMILES string of the molecule is O=C(Nc1ccccc1C(F)(F)F)C1[C@@H]2[C@H]3CC[C@@H](C3)[C@H]12. The van der Waals surface area contributed by atoms with Crippen molar-refractivity contribution in [2.75, 3.05) is 5.32 Å². The number of hydrogen-bond donors (Lipinski definition) is 1. The van der Waals surface area contributed by atoms with Crippen molar-refractivity contribution in [1.29, 1.82) is 0 Å². The highest BCUT2D eigenvalue weighted by Crippen LogP contribution is 2.69. The molecule has 0 heterocycles. The van der Waals surface area contributed by atoms with Gasteiger partial charge in [-0.15, -0.1) is 0 Å². The lowest BCUT2D eigenvalue weighted by Crippen LogP contribution is -2.21. The van der Waals surface area contributed by atoms with Crippen LogP contribution >= 0.6 is 0 Å². The number of hydrogen-bond acceptors (Lipinski definition) is 1. The number of fused-ring (bicyclic) bond motifs is 5. The molecular weight excluding hydrogens is 279 g/mol. The maximum absolute atomic E-state index is 12.9. The highest BCUT2D eigenvalue weighted by Gasteiger charge is 2.67. The van der Waals surface area contributed by atoms with Crippen LogP contribution in [0.4, 0.5) is 18.9 Å². The summed E-state index contributed by atoms with van der Waals surface area (Å²) in [4.78, 5) is 12.3. The van der Waals surface area contributed by atoms with E-state index in [1.807, 2.05) is 0 Å². The minimum absolute atomic E-state index is 0.0578. The van der Waals surface area contributed by atoms with Crippen LogP contribution in [0.5, 0.6) is 0 Å². The second kappa shape index (κ2) is 4.24. The van der Waals surface area contributed by atoms with Gasteiger partial charge in [0, 0.05) is 5.92 Å². The van der Waals surface area contributed by atoms with Gasteiger partial charge in [-0.3, -0.25) is 4.79 Å². The Kier molecular flexibility index (Phi) is 2.66. The van der Waals surface area contributed by atoms with Gasteiger partial charge in [0.05, 0.1) is 11.3 Å². The van der Waals surface area contributed by atoms with Gasteiger partial charge in [-0.2, -0.15) is 13.2 Å². The number of halogens is 3. The smallest absolute Gasteiger partial charge is 0.325 e. The molecule has 3 fully saturated rings. The fourth-order valence-corrected chi connectivity index (χ4v) is 4.73. The third kappa shape index (κ3) is 1.97. The van der Waals surface area contributed by atoms with Crippen molar-refractivity contribution in [3.05, 3.63) is 29.8 Å². The molecule has 1 unspecified atom stereocenters. The Bertz CT molecular complexity index is 581. The average Bonchev–Trinajstić information content (AvgIpc) is 2.87. The number of carbonyl (C=O) groups excluding carboxylic acids is 1. The van der Waals surface area contributed by atoms with Crippen molar-refractivity contribution < 1.29 is 18.0 Å². The number of carbonyl (C=O) groups is 1. The van der Waals surface area contributed by atoms with Crippen LogP contribution < -0.4 is 5.32 Å². The van der Waals surface area contributed by atoms with Crippen molar-refractivity contribution >= 4 is 11.6 Å². The Morgan fingerprint density at radius 3 is 2.33 bits per heavy atom. The first-order valence-corrected chi connectivity index (χ1v) is 7.44. The third-order valence-electron chi connectivity index (χ3n) is 5.53. The lowest BCUT2D eigenvalue weighted by molar-refractivity contribution is -0.137. The Morgan fingerprint density at radius 2 is 1.71 bits per heavy atom. The third-order valence-corrected chi connectivity index (χ3v) is 5.53. The predicted molar refractivity (Wildman–Crippen MR) is 71.4 cm³/mol. The van der Waals surface area contributed by atoms with Gasteiger partial charge in [0.25, 0.3) is 0 Å². The van der Waals surface area contributed by atoms with Gasteiger partial charge < -0.3 is 5.32 Å². The molecule has 0 spiro atoms. The maximum Gasteiger partial charge on any atom is 0.418 e. The van der Waals surface area contributed by atoms with Crippen LogP contribution in [0.15, 0.2) is 24.3 Å². The Balaban J connectivity index is 1.52. The molecular formula is C16H16F3NO. The lowest BCUT2D eigenvalue weighted by Gasteiger charge is -2.14. The molecule has 1 N–H and O–H groups in total. The van der Waals surface area contributed by atoms with E-state index in [2.05, 4.69) is 5.32 Å². The summed E-state index contributed by atoms with van der Waals surface area (Å²) in [5.41, 5.74) is -0.889. The Labute approximate surface area is 120 Å². The standard InChI is InChI=1S/C16H16F3NO/c17-16(18,19)10-3-1-2-4-11(10)20-15(21)14-12-8-5-6-9(7-8)13(12)14/h1-4,8-9,12-14H,5-7H2,(H,20,21)/t8-,9-,12-,13+,14?/m0/s1. The largest absolute Gasteiger partial charge is 0.418 e. The summed E-state index contributed by atoms with van der Waals surface area (Å²) in [6, 6.07) is 5.19. The number of amides is 1. The molecule has 1 aromatic carbocycles. The molecule has 2 bridgehead atoms. The molecule has 21 heavy (non-hydrogen) atoms. The van der Waals surface area contributed by atoms with Gasteiger partial charge in [-0.1, -0.05) is 12.1 Å². The van der Waals surface area contributed by atoms with Gasteiger partial charge in [0.1, 0.15) is 0 Å². The predicted octanol–water partition coefficient (Wildman–Crippen LogP) is 3.94. The fraction of sp³-hybridized carbons (Fsp3) is 0.562. The monoisotopic (exact) mass is 295 g/mol. The van der Waals surface area contributed by atoms with Gasteiger partial charge in [0.15, 0.2) is 0 Å². The summed E-state index contributed by atoms with van der Waals surface area (Å²) in [6.07, 6.45) is -0.843. The molecule has 0 aliphatic heterocycles. The van der Waals surface area contributed by atoms with Crippen LogP contribution in [0.2, 0.25) is 0 Å². The zero-order chi connectivity index (χ0) is 14.8. The van der Waals surface area contributed by atoms with Crippen LogP contribution in [0.25, 0.3) is 0 Å². The number of anilines is 1. The van der Waals surface area contributed by atoms with Crippen LogP contribution in [0, 0.1) is 29.6 Å². The van der Waals surface area contributed by atoms with Crippen LogP contribution in [-0.2, 0) is 11.0 Å². The minimum Gasteiger partial charge on any atom is -0.325 e. The zero-order valence-corrected chi connectivity index (χ0v) is 11.4. The van der Waals surface area contributed by atoms with E-state index in [4.69, 9.17) is 0 Å². The molecule has 3 aliphatic carbocycles. The number of alkyl halides is 3. The van der Waals surface area contributed by atoms with Crippen molar-refractivity contribution in [2.24, 2.45) is 29.6 Å². The van der Waals surface area contributed by atoms with E-state index in [0.717, 1.165) is 6.07 Å². The minimum atomic E-state index is -4.44. The number of rotatable bonds is 2. The molecule has 0 saturated heterocycles. The number of benzene rings is 1. The first kappa shape index (κ1) is 13.2. The highest BCUT2D eigenvalue weighted by molar-refractivity contribution is 5.95.